The molecule has 2 heterocycles. The zero-order valence-electron chi connectivity index (χ0n) is 12.5. The zero-order chi connectivity index (χ0) is 16.4. The Morgan fingerprint density at radius 3 is 2.83 bits per heavy atom. The third-order valence-corrected chi connectivity index (χ3v) is 4.42. The Bertz CT molecular complexity index is 759. The van der Waals surface area contributed by atoms with E-state index in [1.165, 1.54) is 16.2 Å². The molecule has 1 aliphatic heterocycles. The first-order valence-electron chi connectivity index (χ1n) is 7.11. The SMILES string of the molecule is Cc1cnc(NC(=O)Nc2ccc3c(c2)CCN(C(=O)O)C3)s1. The van der Waals surface area contributed by atoms with Gasteiger partial charge in [0.1, 0.15) is 0 Å². The van der Waals surface area contributed by atoms with E-state index in [4.69, 9.17) is 5.11 Å². The molecule has 0 spiro atoms. The van der Waals surface area contributed by atoms with Gasteiger partial charge in [0.05, 0.1) is 0 Å². The summed E-state index contributed by atoms with van der Waals surface area (Å²) in [6.45, 7) is 2.77. The number of thiazole rings is 1. The minimum absolute atomic E-state index is 0.345. The van der Waals surface area contributed by atoms with Crippen LogP contribution in [0, 0.1) is 6.92 Å². The first-order chi connectivity index (χ1) is 11.0. The lowest BCUT2D eigenvalue weighted by Gasteiger charge is -2.26. The van der Waals surface area contributed by atoms with Crippen molar-refractivity contribution in [1.29, 1.82) is 0 Å². The number of carbonyl (C=O) groups excluding carboxylic acids is 1. The minimum Gasteiger partial charge on any atom is -0.465 e. The molecule has 23 heavy (non-hydrogen) atoms. The van der Waals surface area contributed by atoms with Crippen LogP contribution in [0.1, 0.15) is 16.0 Å². The van der Waals surface area contributed by atoms with E-state index >= 15 is 0 Å². The molecule has 0 saturated heterocycles. The number of aryl methyl sites for hydroxylation is 1. The molecule has 7 nitrogen and oxygen atoms in total. The van der Waals surface area contributed by atoms with Crippen molar-refractivity contribution in [2.75, 3.05) is 17.2 Å². The summed E-state index contributed by atoms with van der Waals surface area (Å²) in [7, 11) is 0. The molecule has 0 bridgehead atoms. The minimum atomic E-state index is -0.907. The van der Waals surface area contributed by atoms with Gasteiger partial charge in [0.2, 0.25) is 0 Å². The largest absolute Gasteiger partial charge is 0.465 e. The standard InChI is InChI=1S/C15H16N4O3S/c1-9-7-16-14(23-9)18-13(20)17-12-3-2-11-8-19(15(21)22)5-4-10(11)6-12/h2-3,6-7H,4-5,8H2,1H3,(H,21,22)(H2,16,17,18,20). The summed E-state index contributed by atoms with van der Waals surface area (Å²) in [5, 5.41) is 15.0. The molecule has 1 aromatic heterocycles. The van der Waals surface area contributed by atoms with Gasteiger partial charge in [0.25, 0.3) is 0 Å². The smallest absolute Gasteiger partial charge is 0.407 e. The molecule has 0 unspecified atom stereocenters. The van der Waals surface area contributed by atoms with Gasteiger partial charge in [-0.1, -0.05) is 6.07 Å². The summed E-state index contributed by atoms with van der Waals surface area (Å²) >= 11 is 1.41. The molecule has 0 saturated carbocycles. The van der Waals surface area contributed by atoms with E-state index in [-0.39, 0.29) is 6.03 Å². The molecule has 3 amide bonds. The molecule has 1 aromatic carbocycles. The van der Waals surface area contributed by atoms with Crippen LogP contribution in [-0.2, 0) is 13.0 Å². The molecular formula is C15H16N4O3S. The molecule has 8 heteroatoms. The van der Waals surface area contributed by atoms with Crippen molar-refractivity contribution in [1.82, 2.24) is 9.88 Å². The second kappa shape index (κ2) is 6.25. The predicted molar refractivity (Wildman–Crippen MR) is 88.1 cm³/mol. The van der Waals surface area contributed by atoms with Gasteiger partial charge in [-0.15, -0.1) is 11.3 Å². The monoisotopic (exact) mass is 332 g/mol. The van der Waals surface area contributed by atoms with Crippen LogP contribution >= 0.6 is 11.3 Å². The Kier molecular flexibility index (Phi) is 4.16. The van der Waals surface area contributed by atoms with Crippen molar-refractivity contribution in [2.24, 2.45) is 0 Å². The van der Waals surface area contributed by atoms with Crippen LogP contribution < -0.4 is 10.6 Å². The summed E-state index contributed by atoms with van der Waals surface area (Å²) in [5.74, 6) is 0. The number of hydrogen-bond acceptors (Lipinski definition) is 4. The first kappa shape index (κ1) is 15.3. The van der Waals surface area contributed by atoms with Crippen LogP contribution in [-0.4, -0.2) is 33.7 Å². The van der Waals surface area contributed by atoms with Gasteiger partial charge in [-0.25, -0.2) is 14.6 Å². The molecule has 0 fully saturated rings. The van der Waals surface area contributed by atoms with E-state index in [0.29, 0.717) is 30.3 Å². The van der Waals surface area contributed by atoms with Gasteiger partial charge in [-0.05, 0) is 36.6 Å². The number of amides is 3. The lowest BCUT2D eigenvalue weighted by molar-refractivity contribution is 0.140. The Morgan fingerprint density at radius 1 is 1.30 bits per heavy atom. The molecule has 0 atom stereocenters. The highest BCUT2D eigenvalue weighted by Crippen LogP contribution is 2.23. The Morgan fingerprint density at radius 2 is 2.13 bits per heavy atom. The highest BCUT2D eigenvalue weighted by atomic mass is 32.1. The summed E-state index contributed by atoms with van der Waals surface area (Å²) < 4.78 is 0. The van der Waals surface area contributed by atoms with E-state index in [1.54, 1.807) is 12.3 Å². The predicted octanol–water partition coefficient (Wildman–Crippen LogP) is 3.13. The summed E-state index contributed by atoms with van der Waals surface area (Å²) in [5.41, 5.74) is 2.71. The number of benzene rings is 1. The third-order valence-electron chi connectivity index (χ3n) is 3.59. The van der Waals surface area contributed by atoms with Gasteiger partial charge < -0.3 is 15.3 Å². The van der Waals surface area contributed by atoms with Crippen LogP contribution in [0.3, 0.4) is 0 Å². The molecule has 2 aromatic rings. The van der Waals surface area contributed by atoms with Crippen molar-refractivity contribution < 1.29 is 14.7 Å². The zero-order valence-corrected chi connectivity index (χ0v) is 13.3. The summed E-state index contributed by atoms with van der Waals surface area (Å²) in [6.07, 6.45) is 1.44. The second-order valence-corrected chi connectivity index (χ2v) is 6.53. The maximum Gasteiger partial charge on any atom is 0.407 e. The van der Waals surface area contributed by atoms with Crippen molar-refractivity contribution in [3.8, 4) is 0 Å². The van der Waals surface area contributed by atoms with E-state index in [9.17, 15) is 9.59 Å². The highest BCUT2D eigenvalue weighted by molar-refractivity contribution is 7.15. The fraction of sp³-hybridized carbons (Fsp3) is 0.267. The molecule has 3 N–H and O–H groups in total. The van der Waals surface area contributed by atoms with Crippen molar-refractivity contribution >= 4 is 34.3 Å². The topological polar surface area (TPSA) is 94.6 Å². The Hall–Kier alpha value is -2.61. The third kappa shape index (κ3) is 3.59. The number of nitrogens with one attached hydrogen (secondary N) is 2. The maximum absolute atomic E-state index is 12.0. The number of hydrogen-bond donors (Lipinski definition) is 3. The van der Waals surface area contributed by atoms with Gasteiger partial charge in [-0.3, -0.25) is 5.32 Å². The Balaban J connectivity index is 1.65. The second-order valence-electron chi connectivity index (χ2n) is 5.29. The summed E-state index contributed by atoms with van der Waals surface area (Å²) in [4.78, 5) is 29.5. The van der Waals surface area contributed by atoms with Crippen LogP contribution in [0.25, 0.3) is 0 Å². The number of urea groups is 1. The van der Waals surface area contributed by atoms with Gasteiger partial charge in [-0.2, -0.15) is 0 Å². The number of anilines is 2. The van der Waals surface area contributed by atoms with E-state index in [1.807, 2.05) is 19.1 Å². The van der Waals surface area contributed by atoms with Gasteiger partial charge in [0, 0.05) is 29.9 Å². The molecule has 1 aliphatic rings. The number of rotatable bonds is 2. The number of carbonyl (C=O) groups is 2. The first-order valence-corrected chi connectivity index (χ1v) is 7.93. The van der Waals surface area contributed by atoms with Gasteiger partial charge >= 0.3 is 12.1 Å². The van der Waals surface area contributed by atoms with Crippen LogP contribution in [0.5, 0.6) is 0 Å². The number of fused-ring (bicyclic) bond motifs is 1. The van der Waals surface area contributed by atoms with E-state index in [2.05, 4.69) is 15.6 Å². The lowest BCUT2D eigenvalue weighted by Crippen LogP contribution is -2.34. The average Bonchev–Trinajstić information content (AvgIpc) is 2.91. The highest BCUT2D eigenvalue weighted by Gasteiger charge is 2.20. The van der Waals surface area contributed by atoms with Crippen LogP contribution in [0.2, 0.25) is 0 Å². The number of nitrogens with zero attached hydrogens (tertiary/aromatic N) is 2. The van der Waals surface area contributed by atoms with E-state index in [0.717, 1.165) is 16.0 Å². The fourth-order valence-electron chi connectivity index (χ4n) is 2.47. The lowest BCUT2D eigenvalue weighted by atomic mass is 9.99. The Labute approximate surface area is 137 Å². The average molecular weight is 332 g/mol. The number of aromatic nitrogens is 1. The molecule has 0 radical (unpaired) electrons. The molecule has 0 aliphatic carbocycles. The van der Waals surface area contributed by atoms with Crippen LogP contribution in [0.15, 0.2) is 24.4 Å². The van der Waals surface area contributed by atoms with Crippen molar-refractivity contribution in [3.05, 3.63) is 40.4 Å². The molecule has 120 valence electrons. The molecular weight excluding hydrogens is 316 g/mol. The van der Waals surface area contributed by atoms with Crippen molar-refractivity contribution in [2.45, 2.75) is 19.9 Å². The fourth-order valence-corrected chi connectivity index (χ4v) is 3.13. The summed E-state index contributed by atoms with van der Waals surface area (Å²) in [6, 6.07) is 5.17. The maximum atomic E-state index is 12.0. The van der Waals surface area contributed by atoms with E-state index < -0.39 is 6.09 Å². The van der Waals surface area contributed by atoms with Gasteiger partial charge in [0.15, 0.2) is 5.13 Å². The normalized spacial score (nSPS) is 13.3. The quantitative estimate of drug-likeness (QED) is 0.787. The molecule has 3 rings (SSSR count). The number of carboxylic acid groups (broad SMARTS) is 1. The van der Waals surface area contributed by atoms with Crippen molar-refractivity contribution in [3.63, 3.8) is 0 Å². The van der Waals surface area contributed by atoms with Crippen LogP contribution in [0.4, 0.5) is 20.4 Å².